The number of pyridine rings is 1. The molecule has 116 valence electrons. The van der Waals surface area contributed by atoms with Crippen molar-refractivity contribution < 1.29 is 9.90 Å². The molecule has 0 spiro atoms. The van der Waals surface area contributed by atoms with Crippen molar-refractivity contribution in [1.29, 1.82) is 0 Å². The lowest BCUT2D eigenvalue weighted by Crippen LogP contribution is -2.51. The summed E-state index contributed by atoms with van der Waals surface area (Å²) in [5, 5.41) is 13.3. The van der Waals surface area contributed by atoms with Crippen molar-refractivity contribution in [3.8, 4) is 0 Å². The number of hydrogen-bond donors (Lipinski definition) is 2. The number of piperidine rings is 1. The van der Waals surface area contributed by atoms with E-state index < -0.39 is 6.10 Å². The minimum absolute atomic E-state index is 0.0364. The number of halogens is 1. The highest BCUT2D eigenvalue weighted by molar-refractivity contribution is 6.32. The number of urea groups is 1. The normalized spacial score (nSPS) is 23.0. The Balaban J connectivity index is 1.98. The fraction of sp³-hybridized carbons (Fsp3) is 0.600. The van der Waals surface area contributed by atoms with Gasteiger partial charge in [0.2, 0.25) is 0 Å². The first kappa shape index (κ1) is 16.0. The van der Waals surface area contributed by atoms with Crippen LogP contribution in [0.4, 0.5) is 10.5 Å². The van der Waals surface area contributed by atoms with Crippen LogP contribution in [-0.2, 0) is 0 Å². The van der Waals surface area contributed by atoms with E-state index in [0.717, 1.165) is 6.42 Å². The van der Waals surface area contributed by atoms with Crippen molar-refractivity contribution in [2.75, 3.05) is 18.4 Å². The standard InChI is InChI=1S/C15H22ClN3O2/c1-15(2,3)10-6-8-19(9-12(10)20)14(21)18-11-5-4-7-17-13(11)16/h4-5,7,10,12,20H,6,8-9H2,1-3H3,(H,18,21)/t10-,12-/m1/s1. The molecule has 0 radical (unpaired) electrons. The molecule has 1 aromatic heterocycles. The van der Waals surface area contributed by atoms with E-state index in [1.54, 1.807) is 23.2 Å². The number of nitrogens with zero attached hydrogens (tertiary/aromatic N) is 2. The van der Waals surface area contributed by atoms with Crippen LogP contribution in [0.3, 0.4) is 0 Å². The number of likely N-dealkylation sites (tertiary alicyclic amines) is 1. The lowest BCUT2D eigenvalue weighted by Gasteiger charge is -2.42. The van der Waals surface area contributed by atoms with Crippen LogP contribution in [0.1, 0.15) is 27.2 Å². The third-order valence-electron chi connectivity index (χ3n) is 3.98. The maximum Gasteiger partial charge on any atom is 0.322 e. The Labute approximate surface area is 130 Å². The maximum absolute atomic E-state index is 12.2. The smallest absolute Gasteiger partial charge is 0.322 e. The molecule has 0 aliphatic carbocycles. The molecule has 21 heavy (non-hydrogen) atoms. The summed E-state index contributed by atoms with van der Waals surface area (Å²) in [6.45, 7) is 7.32. The van der Waals surface area contributed by atoms with E-state index in [2.05, 4.69) is 31.1 Å². The second kappa shape index (κ2) is 6.20. The number of amides is 2. The largest absolute Gasteiger partial charge is 0.391 e. The Bertz CT molecular complexity index is 516. The zero-order valence-corrected chi connectivity index (χ0v) is 13.4. The zero-order chi connectivity index (χ0) is 15.6. The molecule has 2 N–H and O–H groups in total. The highest BCUT2D eigenvalue weighted by atomic mass is 35.5. The van der Waals surface area contributed by atoms with Gasteiger partial charge in [-0.1, -0.05) is 32.4 Å². The molecule has 0 saturated carbocycles. The SMILES string of the molecule is CC(C)(C)[C@@H]1CCN(C(=O)Nc2cccnc2Cl)C[C@H]1O. The number of anilines is 1. The van der Waals surface area contributed by atoms with Gasteiger partial charge in [0.05, 0.1) is 11.8 Å². The second-order valence-corrected chi connectivity index (χ2v) is 6.90. The van der Waals surface area contributed by atoms with E-state index >= 15 is 0 Å². The Morgan fingerprint density at radius 2 is 2.24 bits per heavy atom. The average molecular weight is 312 g/mol. The summed E-state index contributed by atoms with van der Waals surface area (Å²) < 4.78 is 0. The number of β-amino-alcohol motifs (C(OH)–C–C–N with tert-alkyl or cyclic N) is 1. The summed E-state index contributed by atoms with van der Waals surface area (Å²) in [6.07, 6.45) is 1.85. The predicted molar refractivity (Wildman–Crippen MR) is 83.4 cm³/mol. The summed E-state index contributed by atoms with van der Waals surface area (Å²) in [5.74, 6) is 0.198. The summed E-state index contributed by atoms with van der Waals surface area (Å²) in [6, 6.07) is 3.16. The number of rotatable bonds is 1. The summed E-state index contributed by atoms with van der Waals surface area (Å²) in [5.41, 5.74) is 0.519. The Morgan fingerprint density at radius 1 is 1.52 bits per heavy atom. The minimum Gasteiger partial charge on any atom is -0.391 e. The summed E-state index contributed by atoms with van der Waals surface area (Å²) in [4.78, 5) is 17.8. The molecule has 1 aliphatic heterocycles. The molecule has 1 saturated heterocycles. The first-order valence-corrected chi connectivity index (χ1v) is 7.51. The van der Waals surface area contributed by atoms with Crippen LogP contribution in [0, 0.1) is 11.3 Å². The average Bonchev–Trinajstić information content (AvgIpc) is 2.39. The molecule has 2 rings (SSSR count). The highest BCUT2D eigenvalue weighted by Crippen LogP contribution is 2.34. The van der Waals surface area contributed by atoms with Gasteiger partial charge in [-0.2, -0.15) is 0 Å². The molecule has 2 amide bonds. The van der Waals surface area contributed by atoms with Crippen LogP contribution in [0.2, 0.25) is 5.15 Å². The quantitative estimate of drug-likeness (QED) is 0.784. The third-order valence-corrected chi connectivity index (χ3v) is 4.28. The predicted octanol–water partition coefficient (Wildman–Crippen LogP) is 3.00. The van der Waals surface area contributed by atoms with Gasteiger partial charge in [-0.25, -0.2) is 9.78 Å². The molecule has 5 nitrogen and oxygen atoms in total. The number of carbonyl (C=O) groups excluding carboxylic acids is 1. The molecule has 1 aromatic rings. The van der Waals surface area contributed by atoms with Crippen LogP contribution in [0.5, 0.6) is 0 Å². The number of nitrogens with one attached hydrogen (secondary N) is 1. The van der Waals surface area contributed by atoms with Gasteiger partial charge in [-0.15, -0.1) is 0 Å². The lowest BCUT2D eigenvalue weighted by molar-refractivity contribution is -0.0107. The van der Waals surface area contributed by atoms with E-state index in [0.29, 0.717) is 18.8 Å². The topological polar surface area (TPSA) is 65.5 Å². The van der Waals surface area contributed by atoms with Gasteiger partial charge in [-0.3, -0.25) is 0 Å². The van der Waals surface area contributed by atoms with Crippen molar-refractivity contribution in [2.24, 2.45) is 11.3 Å². The van der Waals surface area contributed by atoms with E-state index in [1.165, 1.54) is 0 Å². The van der Waals surface area contributed by atoms with Crippen LogP contribution < -0.4 is 5.32 Å². The number of aliphatic hydroxyl groups is 1. The van der Waals surface area contributed by atoms with Crippen molar-refractivity contribution in [3.63, 3.8) is 0 Å². The summed E-state index contributed by atoms with van der Waals surface area (Å²) >= 11 is 5.93. The van der Waals surface area contributed by atoms with Gasteiger partial charge in [0, 0.05) is 19.3 Å². The van der Waals surface area contributed by atoms with Crippen molar-refractivity contribution in [2.45, 2.75) is 33.3 Å². The van der Waals surface area contributed by atoms with Crippen molar-refractivity contribution >= 4 is 23.3 Å². The second-order valence-electron chi connectivity index (χ2n) is 6.55. The molecule has 2 atom stereocenters. The monoisotopic (exact) mass is 311 g/mol. The van der Waals surface area contributed by atoms with Gasteiger partial charge in [0.1, 0.15) is 0 Å². The molecule has 6 heteroatoms. The molecular weight excluding hydrogens is 290 g/mol. The lowest BCUT2D eigenvalue weighted by atomic mass is 9.74. The third kappa shape index (κ3) is 3.86. The number of carbonyl (C=O) groups is 1. The molecule has 0 bridgehead atoms. The molecule has 2 heterocycles. The van der Waals surface area contributed by atoms with Crippen LogP contribution in [0.25, 0.3) is 0 Å². The van der Waals surface area contributed by atoms with Gasteiger partial charge in [0.15, 0.2) is 5.15 Å². The van der Waals surface area contributed by atoms with Crippen molar-refractivity contribution in [3.05, 3.63) is 23.5 Å². The highest BCUT2D eigenvalue weighted by Gasteiger charge is 2.37. The number of aliphatic hydroxyl groups excluding tert-OH is 1. The molecular formula is C15H22ClN3O2. The van der Waals surface area contributed by atoms with Gasteiger partial charge < -0.3 is 15.3 Å². The Kier molecular flexibility index (Phi) is 4.74. The van der Waals surface area contributed by atoms with E-state index in [4.69, 9.17) is 11.6 Å². The minimum atomic E-state index is -0.506. The van der Waals surface area contributed by atoms with Crippen molar-refractivity contribution in [1.82, 2.24) is 9.88 Å². The van der Waals surface area contributed by atoms with E-state index in [1.807, 2.05) is 0 Å². The molecule has 1 aliphatic rings. The fourth-order valence-corrected chi connectivity index (χ4v) is 2.97. The molecule has 0 aromatic carbocycles. The molecule has 0 unspecified atom stereocenters. The number of hydrogen-bond acceptors (Lipinski definition) is 3. The summed E-state index contributed by atoms with van der Waals surface area (Å²) in [7, 11) is 0. The van der Waals surface area contributed by atoms with Gasteiger partial charge >= 0.3 is 6.03 Å². The Morgan fingerprint density at radius 3 is 2.81 bits per heavy atom. The van der Waals surface area contributed by atoms with Gasteiger partial charge in [0.25, 0.3) is 0 Å². The van der Waals surface area contributed by atoms with Crippen LogP contribution in [-0.4, -0.2) is 40.2 Å². The first-order chi connectivity index (χ1) is 9.79. The van der Waals surface area contributed by atoms with Crippen LogP contribution >= 0.6 is 11.6 Å². The molecule has 1 fully saturated rings. The van der Waals surface area contributed by atoms with Gasteiger partial charge in [-0.05, 0) is 29.9 Å². The van der Waals surface area contributed by atoms with Crippen LogP contribution in [0.15, 0.2) is 18.3 Å². The van der Waals surface area contributed by atoms with E-state index in [9.17, 15) is 9.90 Å². The first-order valence-electron chi connectivity index (χ1n) is 7.13. The zero-order valence-electron chi connectivity index (χ0n) is 12.6. The van der Waals surface area contributed by atoms with E-state index in [-0.39, 0.29) is 22.5 Å². The number of aromatic nitrogens is 1. The Hall–Kier alpha value is -1.33. The fourth-order valence-electron chi connectivity index (χ4n) is 2.80. The maximum atomic E-state index is 12.2.